The van der Waals surface area contributed by atoms with Crippen LogP contribution in [0.2, 0.25) is 0 Å². The Hall–Kier alpha value is -1.49. The van der Waals surface area contributed by atoms with Gasteiger partial charge in [0.15, 0.2) is 0 Å². The van der Waals surface area contributed by atoms with Gasteiger partial charge in [-0.15, -0.1) is 0 Å². The normalized spacial score (nSPS) is 11.1. The van der Waals surface area contributed by atoms with Crippen LogP contribution in [0.4, 0.5) is 10.1 Å². The SMILES string of the molecule is O=C(O)CN(Cc1cc2ccccc2c(N(CC(=O)O)SI)c1OCc1ccc(F)cc1)SI. The monoisotopic (exact) mass is 728 g/mol. The molecule has 0 saturated heterocycles. The third-order valence-corrected chi connectivity index (χ3v) is 8.75. The molecule has 0 aliphatic heterocycles. The Bertz CT molecular complexity index is 1170. The van der Waals surface area contributed by atoms with Crippen molar-refractivity contribution in [2.45, 2.75) is 13.2 Å². The first-order valence-electron chi connectivity index (χ1n) is 9.77. The van der Waals surface area contributed by atoms with Gasteiger partial charge in [-0.25, -0.2) is 8.70 Å². The molecule has 0 aliphatic rings. The van der Waals surface area contributed by atoms with E-state index < -0.39 is 11.9 Å². The number of carboxylic acids is 2. The molecule has 3 rings (SSSR count). The molecule has 0 bridgehead atoms. The number of hydrogen-bond acceptors (Lipinski definition) is 7. The molecule has 2 N–H and O–H groups in total. The Morgan fingerprint density at radius 1 is 0.971 bits per heavy atom. The minimum Gasteiger partial charge on any atom is -0.486 e. The van der Waals surface area contributed by atoms with Crippen molar-refractivity contribution in [1.82, 2.24) is 4.31 Å². The lowest BCUT2D eigenvalue weighted by Crippen LogP contribution is -2.24. The maximum absolute atomic E-state index is 13.3. The van der Waals surface area contributed by atoms with Gasteiger partial charge in [0.05, 0.1) is 5.69 Å². The quantitative estimate of drug-likeness (QED) is 0.164. The van der Waals surface area contributed by atoms with Crippen molar-refractivity contribution in [2.24, 2.45) is 0 Å². The van der Waals surface area contributed by atoms with E-state index in [1.54, 1.807) is 20.7 Å². The molecule has 34 heavy (non-hydrogen) atoms. The van der Waals surface area contributed by atoms with Gasteiger partial charge < -0.3 is 14.9 Å². The van der Waals surface area contributed by atoms with E-state index in [1.165, 1.54) is 30.4 Å². The summed E-state index contributed by atoms with van der Waals surface area (Å²) in [4.78, 5) is 23.0. The maximum Gasteiger partial charge on any atom is 0.324 e. The van der Waals surface area contributed by atoms with Crippen LogP contribution in [0.1, 0.15) is 11.1 Å². The largest absolute Gasteiger partial charge is 0.486 e. The summed E-state index contributed by atoms with van der Waals surface area (Å²) in [6, 6.07) is 15.4. The fourth-order valence-electron chi connectivity index (χ4n) is 3.33. The van der Waals surface area contributed by atoms with Crippen LogP contribution in [0, 0.1) is 5.82 Å². The molecule has 0 fully saturated rings. The molecule has 0 atom stereocenters. The average Bonchev–Trinajstić information content (AvgIpc) is 2.81. The van der Waals surface area contributed by atoms with Gasteiger partial charge in [0.2, 0.25) is 0 Å². The summed E-state index contributed by atoms with van der Waals surface area (Å²) >= 11 is 4.06. The van der Waals surface area contributed by atoms with Gasteiger partial charge in [0.1, 0.15) is 31.3 Å². The van der Waals surface area contributed by atoms with E-state index in [1.807, 2.05) is 72.7 Å². The zero-order chi connectivity index (χ0) is 24.7. The van der Waals surface area contributed by atoms with Crippen LogP contribution in [0.15, 0.2) is 54.6 Å². The van der Waals surface area contributed by atoms with Crippen molar-refractivity contribution in [3.05, 3.63) is 71.5 Å². The van der Waals surface area contributed by atoms with Crippen LogP contribution in [-0.2, 0) is 22.7 Å². The highest BCUT2D eigenvalue weighted by Crippen LogP contribution is 2.44. The molecule has 180 valence electrons. The lowest BCUT2D eigenvalue weighted by molar-refractivity contribution is -0.137. The predicted octanol–water partition coefficient (Wildman–Crippen LogP) is 6.33. The number of rotatable bonds is 12. The number of carboxylic acid groups (broad SMARTS) is 2. The van der Waals surface area contributed by atoms with E-state index >= 15 is 0 Å². The molecule has 0 unspecified atom stereocenters. The highest BCUT2D eigenvalue weighted by molar-refractivity contribution is 14.2. The highest BCUT2D eigenvalue weighted by atomic mass is 127. The lowest BCUT2D eigenvalue weighted by Gasteiger charge is -2.27. The highest BCUT2D eigenvalue weighted by Gasteiger charge is 2.24. The fraction of sp³-hybridized carbons (Fsp3) is 0.182. The van der Waals surface area contributed by atoms with Crippen molar-refractivity contribution in [3.63, 3.8) is 0 Å². The smallest absolute Gasteiger partial charge is 0.324 e. The van der Waals surface area contributed by atoms with Gasteiger partial charge >= 0.3 is 11.9 Å². The molecule has 12 heteroatoms. The third-order valence-electron chi connectivity index (χ3n) is 4.72. The van der Waals surface area contributed by atoms with Crippen LogP contribution in [0.5, 0.6) is 5.75 Å². The van der Waals surface area contributed by atoms with E-state index in [2.05, 4.69) is 0 Å². The molecule has 7 nitrogen and oxygen atoms in total. The molecular weight excluding hydrogens is 709 g/mol. The summed E-state index contributed by atoms with van der Waals surface area (Å²) in [5, 5.41) is 20.5. The second kappa shape index (κ2) is 13.0. The number of benzene rings is 3. The summed E-state index contributed by atoms with van der Waals surface area (Å²) in [6.07, 6.45) is 0. The average molecular weight is 728 g/mol. The van der Waals surface area contributed by atoms with Crippen molar-refractivity contribution in [1.29, 1.82) is 0 Å². The summed E-state index contributed by atoms with van der Waals surface area (Å²) < 4.78 is 22.9. The number of hydrogen-bond donors (Lipinski definition) is 2. The van der Waals surface area contributed by atoms with E-state index in [0.29, 0.717) is 17.0 Å². The number of anilines is 1. The van der Waals surface area contributed by atoms with Gasteiger partial charge in [-0.2, -0.15) is 0 Å². The lowest BCUT2D eigenvalue weighted by atomic mass is 10.0. The summed E-state index contributed by atoms with van der Waals surface area (Å²) in [5.74, 6) is -1.87. The molecule has 3 aromatic rings. The topological polar surface area (TPSA) is 90.3 Å². The van der Waals surface area contributed by atoms with Crippen molar-refractivity contribution >= 4 is 89.0 Å². The van der Waals surface area contributed by atoms with Gasteiger partial charge in [-0.05, 0) is 38.3 Å². The van der Waals surface area contributed by atoms with E-state index in [9.17, 15) is 24.2 Å². The standard InChI is InChI=1S/C22H19FI2N2O5S2/c23-17-7-5-14(6-8-17)13-32-22-16(10-26(33-24)11-19(28)29)9-15-3-1-2-4-18(15)21(22)27(34-25)12-20(30)31/h1-9H,10-13H2,(H,28,29)(H,30,31). The summed E-state index contributed by atoms with van der Waals surface area (Å²) in [6.45, 7) is -0.0774. The molecule has 0 amide bonds. The molecule has 0 radical (unpaired) electrons. The van der Waals surface area contributed by atoms with Crippen LogP contribution < -0.4 is 9.04 Å². The van der Waals surface area contributed by atoms with Crippen LogP contribution >= 0.6 is 60.6 Å². The second-order valence-corrected chi connectivity index (χ2v) is 10.7. The van der Waals surface area contributed by atoms with Crippen LogP contribution in [-0.4, -0.2) is 39.5 Å². The zero-order valence-corrected chi connectivity index (χ0v) is 23.4. The molecule has 0 aromatic heterocycles. The van der Waals surface area contributed by atoms with Gasteiger partial charge in [0.25, 0.3) is 0 Å². The number of nitrogens with zero attached hydrogens (tertiary/aromatic N) is 2. The Morgan fingerprint density at radius 2 is 1.65 bits per heavy atom. The minimum atomic E-state index is -1.00. The molecule has 0 saturated carbocycles. The Kier molecular flexibility index (Phi) is 10.4. The molecule has 0 spiro atoms. The zero-order valence-electron chi connectivity index (χ0n) is 17.5. The van der Waals surface area contributed by atoms with Crippen molar-refractivity contribution in [3.8, 4) is 5.75 Å². The second-order valence-electron chi connectivity index (χ2n) is 7.11. The number of fused-ring (bicyclic) bond motifs is 1. The number of carbonyl (C=O) groups is 2. The molecule has 0 heterocycles. The van der Waals surface area contributed by atoms with Gasteiger partial charge in [-0.1, -0.05) is 36.4 Å². The predicted molar refractivity (Wildman–Crippen MR) is 151 cm³/mol. The van der Waals surface area contributed by atoms with E-state index in [0.717, 1.165) is 16.3 Å². The Labute approximate surface area is 228 Å². The first-order valence-corrected chi connectivity index (χ1v) is 16.4. The van der Waals surface area contributed by atoms with E-state index in [-0.39, 0.29) is 32.1 Å². The van der Waals surface area contributed by atoms with Gasteiger partial charge in [0, 0.05) is 69.0 Å². The molecular formula is C22H19FI2N2O5S2. The summed E-state index contributed by atoms with van der Waals surface area (Å²) in [5.41, 5.74) is 2.04. The Balaban J connectivity index is 2.15. The Morgan fingerprint density at radius 3 is 2.26 bits per heavy atom. The van der Waals surface area contributed by atoms with Crippen molar-refractivity contribution < 1.29 is 28.9 Å². The van der Waals surface area contributed by atoms with Gasteiger partial charge in [-0.3, -0.25) is 13.9 Å². The number of aliphatic carboxylic acids is 2. The van der Waals surface area contributed by atoms with Crippen molar-refractivity contribution in [2.75, 3.05) is 17.4 Å². The number of halogens is 3. The van der Waals surface area contributed by atoms with Crippen LogP contribution in [0.3, 0.4) is 0 Å². The first-order chi connectivity index (χ1) is 16.3. The third kappa shape index (κ3) is 7.26. The minimum absolute atomic E-state index is 0.127. The molecule has 0 aliphatic carbocycles. The molecule has 3 aromatic carbocycles. The number of ether oxygens (including phenoxy) is 1. The maximum atomic E-state index is 13.3. The fourth-order valence-corrected chi connectivity index (χ4v) is 5.94. The first kappa shape index (κ1) is 27.1. The van der Waals surface area contributed by atoms with Crippen LogP contribution in [0.25, 0.3) is 10.8 Å². The van der Waals surface area contributed by atoms with E-state index in [4.69, 9.17) is 4.74 Å². The summed E-state index contributed by atoms with van der Waals surface area (Å²) in [7, 11) is 2.49.